The molecule has 0 heterocycles. The Morgan fingerprint density at radius 2 is 2.11 bits per heavy atom. The summed E-state index contributed by atoms with van der Waals surface area (Å²) < 4.78 is 1.06. The van der Waals surface area contributed by atoms with Crippen molar-refractivity contribution >= 4 is 17.1 Å². The van der Waals surface area contributed by atoms with Crippen molar-refractivity contribution in [2.75, 3.05) is 7.11 Å². The van der Waals surface area contributed by atoms with Crippen molar-refractivity contribution in [3.63, 3.8) is 0 Å². The first-order valence-corrected chi connectivity index (χ1v) is 5.59. The monoisotopic (exact) mass is 248 g/mol. The van der Waals surface area contributed by atoms with Gasteiger partial charge in [0.25, 0.3) is 0 Å². The molecule has 0 amide bonds. The van der Waals surface area contributed by atoms with Crippen molar-refractivity contribution in [1.29, 1.82) is 0 Å². The predicted molar refractivity (Wildman–Crippen MR) is 66.2 cm³/mol. The van der Waals surface area contributed by atoms with Crippen molar-refractivity contribution in [3.05, 3.63) is 48.3 Å². The van der Waals surface area contributed by atoms with E-state index in [1.165, 1.54) is 6.08 Å². The third kappa shape index (κ3) is 2.58. The van der Waals surface area contributed by atoms with E-state index in [0.29, 0.717) is 17.8 Å². The first-order chi connectivity index (χ1) is 8.72. The number of hydrogen-bond acceptors (Lipinski definition) is 3. The van der Waals surface area contributed by atoms with Crippen LogP contribution in [0.1, 0.15) is 6.42 Å². The van der Waals surface area contributed by atoms with Crippen LogP contribution in [0.25, 0.3) is 0 Å². The Labute approximate surface area is 105 Å². The highest BCUT2D eigenvalue weighted by molar-refractivity contribution is 5.94. The molecule has 5 nitrogen and oxygen atoms in total. The van der Waals surface area contributed by atoms with Gasteiger partial charge in [-0.2, -0.15) is 5.48 Å². The lowest BCUT2D eigenvalue weighted by atomic mass is 10.1. The molecule has 1 aromatic rings. The van der Waals surface area contributed by atoms with Crippen LogP contribution in [-0.2, 0) is 4.84 Å². The van der Waals surface area contributed by atoms with E-state index >= 15 is 0 Å². The third-order valence-electron chi connectivity index (χ3n) is 2.61. The van der Waals surface area contributed by atoms with Crippen molar-refractivity contribution in [3.8, 4) is 0 Å². The smallest absolute Gasteiger partial charge is 0.320 e. The van der Waals surface area contributed by atoms with Gasteiger partial charge in [0.1, 0.15) is 5.76 Å². The molecule has 0 fully saturated rings. The zero-order chi connectivity index (χ0) is 13.0. The molecule has 18 heavy (non-hydrogen) atoms. The summed E-state index contributed by atoms with van der Waals surface area (Å²) in [7, 11) is 1.56. The van der Waals surface area contributed by atoms with Crippen LogP contribution in [0.2, 0.25) is 0 Å². The van der Waals surface area contributed by atoms with Gasteiger partial charge in [-0.05, 0) is 6.08 Å². The Morgan fingerprint density at radius 1 is 1.33 bits per heavy atom. The number of rotatable bonds is 3. The SMILES string of the molecule is CO[NH2+]c1ccccc1/[N+](O)=C1/C=C(O)C=CC1. The highest BCUT2D eigenvalue weighted by Gasteiger charge is 2.23. The molecule has 1 aromatic carbocycles. The number of aliphatic hydroxyl groups excluding tert-OH is 1. The van der Waals surface area contributed by atoms with E-state index in [1.54, 1.807) is 30.8 Å². The van der Waals surface area contributed by atoms with Gasteiger partial charge >= 0.3 is 5.69 Å². The lowest BCUT2D eigenvalue weighted by molar-refractivity contribution is -0.834. The summed E-state index contributed by atoms with van der Waals surface area (Å²) in [4.78, 5) is 4.98. The second kappa shape index (κ2) is 5.48. The van der Waals surface area contributed by atoms with Crippen LogP contribution >= 0.6 is 0 Å². The molecule has 0 unspecified atom stereocenters. The Bertz CT molecular complexity index is 533. The Kier molecular flexibility index (Phi) is 3.76. The van der Waals surface area contributed by atoms with Gasteiger partial charge in [0.05, 0.1) is 19.6 Å². The van der Waals surface area contributed by atoms with E-state index in [0.717, 1.165) is 10.4 Å². The second-order valence-electron chi connectivity index (χ2n) is 3.89. The number of quaternary nitrogens is 1. The molecule has 5 heteroatoms. The van der Waals surface area contributed by atoms with Crippen LogP contribution in [0.15, 0.2) is 48.3 Å². The fourth-order valence-electron chi connectivity index (χ4n) is 1.79. The molecule has 0 aliphatic heterocycles. The summed E-state index contributed by atoms with van der Waals surface area (Å²) >= 11 is 0. The van der Waals surface area contributed by atoms with Crippen LogP contribution in [0.3, 0.4) is 0 Å². The molecule has 0 atom stereocenters. The van der Waals surface area contributed by atoms with E-state index in [1.807, 2.05) is 18.2 Å². The van der Waals surface area contributed by atoms with Crippen LogP contribution in [-0.4, -0.2) is 27.9 Å². The first kappa shape index (κ1) is 12.3. The Morgan fingerprint density at radius 3 is 2.83 bits per heavy atom. The molecule has 1 aliphatic carbocycles. The summed E-state index contributed by atoms with van der Waals surface area (Å²) in [5.41, 5.74) is 3.53. The highest BCUT2D eigenvalue weighted by Crippen LogP contribution is 2.20. The molecule has 4 N–H and O–H groups in total. The van der Waals surface area contributed by atoms with E-state index in [4.69, 9.17) is 4.84 Å². The fraction of sp³-hybridized carbons (Fsp3) is 0.154. The molecule has 0 aromatic heterocycles. The van der Waals surface area contributed by atoms with Crippen molar-refractivity contribution in [1.82, 2.24) is 0 Å². The Balaban J connectivity index is 2.42. The standard InChI is InChI=1S/C13H14N2O3/c1-18-14-12-7-2-3-8-13(12)15(17)10-5-4-6-11(16)9-10/h2-4,6-9,14,17H,5H2,1H3/p+2. The maximum Gasteiger partial charge on any atom is 0.320 e. The fourth-order valence-corrected chi connectivity index (χ4v) is 1.79. The van der Waals surface area contributed by atoms with Crippen LogP contribution in [0, 0.1) is 0 Å². The van der Waals surface area contributed by atoms with Crippen molar-refractivity contribution in [2.24, 2.45) is 0 Å². The number of benzene rings is 1. The minimum absolute atomic E-state index is 0.128. The molecule has 0 saturated heterocycles. The lowest BCUT2D eigenvalue weighted by Crippen LogP contribution is -2.76. The summed E-state index contributed by atoms with van der Waals surface area (Å²) in [6, 6.07) is 7.31. The molecule has 0 bridgehead atoms. The quantitative estimate of drug-likeness (QED) is 0.327. The van der Waals surface area contributed by atoms with Crippen LogP contribution in [0.4, 0.5) is 11.4 Å². The van der Waals surface area contributed by atoms with Gasteiger partial charge < -0.3 is 5.11 Å². The average molecular weight is 248 g/mol. The van der Waals surface area contributed by atoms with Gasteiger partial charge in [0.2, 0.25) is 11.4 Å². The Hall–Kier alpha value is -2.11. The van der Waals surface area contributed by atoms with Crippen molar-refractivity contribution < 1.29 is 25.4 Å². The van der Waals surface area contributed by atoms with Gasteiger partial charge in [-0.15, -0.1) is 0 Å². The normalized spacial score (nSPS) is 17.5. The molecular formula is C13H16N2O3+2. The summed E-state index contributed by atoms with van der Waals surface area (Å²) in [6.07, 6.45) is 5.48. The second-order valence-corrected chi connectivity index (χ2v) is 3.89. The first-order valence-electron chi connectivity index (χ1n) is 5.59. The summed E-state index contributed by atoms with van der Waals surface area (Å²) in [5, 5.41) is 19.6. The minimum Gasteiger partial charge on any atom is -0.508 e. The largest absolute Gasteiger partial charge is 0.508 e. The predicted octanol–water partition coefficient (Wildman–Crippen LogP) is 1.32. The highest BCUT2D eigenvalue weighted by atomic mass is 16.6. The van der Waals surface area contributed by atoms with Gasteiger partial charge in [-0.3, -0.25) is 5.21 Å². The maximum absolute atomic E-state index is 10.2. The molecule has 1 aliphatic rings. The molecule has 0 radical (unpaired) electrons. The average Bonchev–Trinajstić information content (AvgIpc) is 2.39. The molecule has 2 rings (SSSR count). The summed E-state index contributed by atoms with van der Waals surface area (Å²) in [5.74, 6) is 0.128. The van der Waals surface area contributed by atoms with E-state index in [2.05, 4.69) is 0 Å². The minimum atomic E-state index is 0.128. The molecular weight excluding hydrogens is 232 g/mol. The van der Waals surface area contributed by atoms with Gasteiger partial charge in [-0.1, -0.05) is 18.2 Å². The number of nitrogens with zero attached hydrogens (tertiary/aromatic N) is 1. The molecule has 0 spiro atoms. The number of para-hydroxylation sites is 1. The topological polar surface area (TPSA) is 69.3 Å². The number of hydrogen-bond donors (Lipinski definition) is 3. The van der Waals surface area contributed by atoms with Gasteiger partial charge in [0.15, 0.2) is 0 Å². The summed E-state index contributed by atoms with van der Waals surface area (Å²) in [6.45, 7) is 0. The van der Waals surface area contributed by atoms with E-state index in [9.17, 15) is 10.3 Å². The van der Waals surface area contributed by atoms with Gasteiger partial charge in [0, 0.05) is 16.9 Å². The maximum atomic E-state index is 10.2. The third-order valence-corrected chi connectivity index (χ3v) is 2.61. The number of aliphatic hydroxyl groups is 1. The molecule has 94 valence electrons. The van der Waals surface area contributed by atoms with Gasteiger partial charge in [-0.25, -0.2) is 4.84 Å². The zero-order valence-corrected chi connectivity index (χ0v) is 10.1. The van der Waals surface area contributed by atoms with Crippen molar-refractivity contribution in [2.45, 2.75) is 6.42 Å². The number of nitrogens with two attached hydrogens (primary N) is 1. The van der Waals surface area contributed by atoms with Crippen LogP contribution < -0.4 is 5.48 Å². The van der Waals surface area contributed by atoms with Crippen LogP contribution in [0.5, 0.6) is 0 Å². The zero-order valence-electron chi connectivity index (χ0n) is 10.1. The molecule has 0 saturated carbocycles. The lowest BCUT2D eigenvalue weighted by Gasteiger charge is -2.03. The number of allylic oxidation sites excluding steroid dienone is 3. The van der Waals surface area contributed by atoms with E-state index in [-0.39, 0.29) is 5.76 Å². The van der Waals surface area contributed by atoms with E-state index < -0.39 is 0 Å².